The first-order valence-electron chi connectivity index (χ1n) is 8.82. The summed E-state index contributed by atoms with van der Waals surface area (Å²) in [5.41, 5.74) is 0.692. The molecule has 0 radical (unpaired) electrons. The fraction of sp³-hybridized carbons (Fsp3) is 0.471. The Morgan fingerprint density at radius 1 is 1.11 bits per heavy atom. The number of nitrogens with zero attached hydrogens (tertiary/aromatic N) is 5. The third-order valence-electron chi connectivity index (χ3n) is 5.25. The first-order chi connectivity index (χ1) is 12.9. The Morgan fingerprint density at radius 3 is 2.52 bits per heavy atom. The molecule has 2 aliphatic heterocycles. The van der Waals surface area contributed by atoms with E-state index in [2.05, 4.69) is 15.5 Å². The number of nitrogens with one attached hydrogen (secondary N) is 1. The molecule has 4 rings (SSSR count). The van der Waals surface area contributed by atoms with Crippen molar-refractivity contribution >= 4 is 21.8 Å². The number of hydrogen-bond acceptors (Lipinski definition) is 5. The quantitative estimate of drug-likeness (QED) is 0.817. The van der Waals surface area contributed by atoms with Gasteiger partial charge in [0.1, 0.15) is 5.82 Å². The third-order valence-corrected chi connectivity index (χ3v) is 7.13. The summed E-state index contributed by atoms with van der Waals surface area (Å²) in [6.45, 7) is 1.47. The first kappa shape index (κ1) is 18.1. The van der Waals surface area contributed by atoms with E-state index in [1.807, 2.05) is 34.9 Å². The smallest absolute Gasteiger partial charge is 0.293 e. The van der Waals surface area contributed by atoms with Crippen LogP contribution in [0, 0.1) is 11.8 Å². The second-order valence-corrected chi connectivity index (χ2v) is 9.34. The monoisotopic (exact) mass is 390 g/mol. The van der Waals surface area contributed by atoms with E-state index in [-0.39, 0.29) is 23.6 Å². The first-order valence-corrected chi connectivity index (χ1v) is 10.2. The number of fused-ring (bicyclic) bond motifs is 2. The van der Waals surface area contributed by atoms with Crippen LogP contribution in [0.5, 0.6) is 0 Å². The highest BCUT2D eigenvalue weighted by atomic mass is 32.2. The van der Waals surface area contributed by atoms with Gasteiger partial charge in [0.2, 0.25) is 5.82 Å². The second kappa shape index (κ2) is 6.70. The molecule has 0 aliphatic carbocycles. The van der Waals surface area contributed by atoms with Crippen molar-refractivity contribution in [2.45, 2.75) is 13.0 Å². The van der Waals surface area contributed by atoms with E-state index in [0.717, 1.165) is 5.82 Å². The van der Waals surface area contributed by atoms with Crippen LogP contribution in [0.15, 0.2) is 30.3 Å². The van der Waals surface area contributed by atoms with Crippen molar-refractivity contribution in [2.24, 2.45) is 11.8 Å². The molecule has 144 valence electrons. The van der Waals surface area contributed by atoms with Gasteiger partial charge < -0.3 is 9.88 Å². The van der Waals surface area contributed by atoms with Gasteiger partial charge in [-0.05, 0) is 24.0 Å². The summed E-state index contributed by atoms with van der Waals surface area (Å²) in [4.78, 5) is 12.6. The molecule has 0 unspecified atom stereocenters. The van der Waals surface area contributed by atoms with Crippen LogP contribution in [0.2, 0.25) is 0 Å². The SMILES string of the molecule is CN(C)S(=O)(=O)N1C[C@@H]2Cc3nnc(C(=O)Nc4ccccc4)n3C[C@@H]2C1. The third kappa shape index (κ3) is 3.24. The normalized spacial score (nSPS) is 22.5. The molecule has 1 aromatic heterocycles. The fourth-order valence-corrected chi connectivity index (χ4v) is 5.00. The molecule has 1 fully saturated rings. The number of benzene rings is 1. The Labute approximate surface area is 158 Å². The lowest BCUT2D eigenvalue weighted by Gasteiger charge is -2.25. The van der Waals surface area contributed by atoms with Gasteiger partial charge in [-0.3, -0.25) is 4.79 Å². The molecule has 0 saturated carbocycles. The van der Waals surface area contributed by atoms with Crippen LogP contribution in [0.4, 0.5) is 5.69 Å². The highest BCUT2D eigenvalue weighted by Crippen LogP contribution is 2.34. The van der Waals surface area contributed by atoms with Gasteiger partial charge in [-0.2, -0.15) is 17.0 Å². The van der Waals surface area contributed by atoms with Gasteiger partial charge in [0, 0.05) is 45.8 Å². The van der Waals surface area contributed by atoms with Gasteiger partial charge in [-0.1, -0.05) is 18.2 Å². The number of aromatic nitrogens is 3. The van der Waals surface area contributed by atoms with Crippen LogP contribution in [0.25, 0.3) is 0 Å². The maximum atomic E-state index is 12.6. The average Bonchev–Trinajstić information content (AvgIpc) is 3.24. The van der Waals surface area contributed by atoms with Crippen LogP contribution < -0.4 is 5.32 Å². The predicted molar refractivity (Wildman–Crippen MR) is 99.3 cm³/mol. The molecule has 0 spiro atoms. The van der Waals surface area contributed by atoms with Gasteiger partial charge in [0.15, 0.2) is 0 Å². The lowest BCUT2D eigenvalue weighted by molar-refractivity contribution is 0.100. The van der Waals surface area contributed by atoms with Gasteiger partial charge >= 0.3 is 0 Å². The van der Waals surface area contributed by atoms with Crippen LogP contribution in [-0.2, 0) is 23.2 Å². The molecule has 27 heavy (non-hydrogen) atoms. The van der Waals surface area contributed by atoms with E-state index in [9.17, 15) is 13.2 Å². The molecule has 3 heterocycles. The zero-order valence-corrected chi connectivity index (χ0v) is 16.1. The molecule has 1 N–H and O–H groups in total. The van der Waals surface area contributed by atoms with Crippen molar-refractivity contribution in [3.05, 3.63) is 42.0 Å². The molecule has 2 aliphatic rings. The number of amides is 1. The number of hydrogen-bond donors (Lipinski definition) is 1. The van der Waals surface area contributed by atoms with E-state index in [1.54, 1.807) is 0 Å². The van der Waals surface area contributed by atoms with Gasteiger partial charge in [-0.25, -0.2) is 0 Å². The van der Waals surface area contributed by atoms with E-state index in [0.29, 0.717) is 31.7 Å². The Balaban J connectivity index is 1.52. The zero-order chi connectivity index (χ0) is 19.2. The summed E-state index contributed by atoms with van der Waals surface area (Å²) in [7, 11) is -0.350. The largest absolute Gasteiger partial charge is 0.319 e. The molecule has 2 atom stereocenters. The molecular weight excluding hydrogens is 368 g/mol. The van der Waals surface area contributed by atoms with Gasteiger partial charge in [-0.15, -0.1) is 10.2 Å². The summed E-state index contributed by atoms with van der Waals surface area (Å²) in [6, 6.07) is 9.18. The summed E-state index contributed by atoms with van der Waals surface area (Å²) < 4.78 is 29.4. The van der Waals surface area contributed by atoms with Crippen LogP contribution in [-0.4, -0.2) is 64.9 Å². The van der Waals surface area contributed by atoms with Crippen LogP contribution >= 0.6 is 0 Å². The van der Waals surface area contributed by atoms with Crippen molar-refractivity contribution in [1.82, 2.24) is 23.4 Å². The standard InChI is InChI=1S/C17H22N6O3S/c1-21(2)27(25,26)22-9-12-8-15-19-20-16(23(15)11-13(12)10-22)17(24)18-14-6-4-3-5-7-14/h3-7,12-13H,8-11H2,1-2H3,(H,18,24)/t12-,13-/m0/s1. The Kier molecular flexibility index (Phi) is 4.49. The topological polar surface area (TPSA) is 100 Å². The maximum absolute atomic E-state index is 12.6. The molecule has 1 saturated heterocycles. The highest BCUT2D eigenvalue weighted by molar-refractivity contribution is 7.86. The number of anilines is 1. The fourth-order valence-electron chi connectivity index (χ4n) is 3.78. The lowest BCUT2D eigenvalue weighted by atomic mass is 9.89. The van der Waals surface area contributed by atoms with Crippen molar-refractivity contribution in [1.29, 1.82) is 0 Å². The molecule has 1 amide bonds. The van der Waals surface area contributed by atoms with E-state index in [1.165, 1.54) is 22.7 Å². The Morgan fingerprint density at radius 2 is 1.81 bits per heavy atom. The number of para-hydroxylation sites is 1. The molecular formula is C17H22N6O3S. The lowest BCUT2D eigenvalue weighted by Crippen LogP contribution is -2.38. The van der Waals surface area contributed by atoms with Crippen molar-refractivity contribution in [3.8, 4) is 0 Å². The zero-order valence-electron chi connectivity index (χ0n) is 15.2. The number of rotatable bonds is 4. The van der Waals surface area contributed by atoms with E-state index >= 15 is 0 Å². The van der Waals surface area contributed by atoms with Crippen molar-refractivity contribution < 1.29 is 13.2 Å². The average molecular weight is 390 g/mol. The summed E-state index contributed by atoms with van der Waals surface area (Å²) in [5, 5.41) is 11.1. The van der Waals surface area contributed by atoms with Crippen molar-refractivity contribution in [2.75, 3.05) is 32.5 Å². The summed E-state index contributed by atoms with van der Waals surface area (Å²) in [5.74, 6) is 1.03. The molecule has 0 bridgehead atoms. The highest BCUT2D eigenvalue weighted by Gasteiger charge is 2.43. The Hall–Kier alpha value is -2.30. The molecule has 10 heteroatoms. The van der Waals surface area contributed by atoms with E-state index in [4.69, 9.17) is 0 Å². The van der Waals surface area contributed by atoms with Crippen molar-refractivity contribution in [3.63, 3.8) is 0 Å². The minimum Gasteiger partial charge on any atom is -0.319 e. The minimum atomic E-state index is -3.43. The van der Waals surface area contributed by atoms with E-state index < -0.39 is 10.2 Å². The van der Waals surface area contributed by atoms with Crippen LogP contribution in [0.1, 0.15) is 16.4 Å². The van der Waals surface area contributed by atoms with Gasteiger partial charge in [0.25, 0.3) is 16.1 Å². The second-order valence-electron chi connectivity index (χ2n) is 7.20. The molecule has 2 aromatic rings. The molecule has 9 nitrogen and oxygen atoms in total. The number of carbonyl (C=O) groups excluding carboxylic acids is 1. The minimum absolute atomic E-state index is 0.145. The summed E-state index contributed by atoms with van der Waals surface area (Å²) >= 11 is 0. The maximum Gasteiger partial charge on any atom is 0.293 e. The van der Waals surface area contributed by atoms with Gasteiger partial charge in [0.05, 0.1) is 0 Å². The Bertz CT molecular complexity index is 956. The molecule has 1 aromatic carbocycles. The summed E-state index contributed by atoms with van der Waals surface area (Å²) in [6.07, 6.45) is 0.621. The predicted octanol–water partition coefficient (Wildman–Crippen LogP) is 0.441. The van der Waals surface area contributed by atoms with Crippen LogP contribution in [0.3, 0.4) is 0 Å². The number of carbonyl (C=O) groups is 1.